The van der Waals surface area contributed by atoms with Crippen molar-refractivity contribution < 1.29 is 0 Å². The van der Waals surface area contributed by atoms with Gasteiger partial charge in [0, 0.05) is 23.8 Å². The van der Waals surface area contributed by atoms with E-state index in [1.54, 1.807) is 0 Å². The van der Waals surface area contributed by atoms with Crippen LogP contribution in [0.2, 0.25) is 0 Å². The first-order valence-electron chi connectivity index (χ1n) is 13.0. The molecule has 182 valence electrons. The molecule has 4 rings (SSSR count). The van der Waals surface area contributed by atoms with Crippen molar-refractivity contribution in [3.05, 3.63) is 145 Å². The van der Waals surface area contributed by atoms with E-state index in [1.165, 1.54) is 39.2 Å². The fourth-order valence-electron chi connectivity index (χ4n) is 4.63. The number of rotatable bonds is 11. The van der Waals surface area contributed by atoms with Crippen LogP contribution in [-0.4, -0.2) is 6.54 Å². The SMILES string of the molecule is C=CC(C/C=C\C)c1ccc(N(CCCc2ccccc2)c2ccc(-c3ccc(C)cc3)cc2)cc1. The lowest BCUT2D eigenvalue weighted by atomic mass is 9.95. The molecule has 0 N–H and O–H groups in total. The van der Waals surface area contributed by atoms with Gasteiger partial charge in [-0.1, -0.05) is 103 Å². The molecule has 1 atom stereocenters. The van der Waals surface area contributed by atoms with Crippen LogP contribution >= 0.6 is 0 Å². The van der Waals surface area contributed by atoms with Gasteiger partial charge in [-0.15, -0.1) is 6.58 Å². The van der Waals surface area contributed by atoms with E-state index in [1.807, 2.05) is 0 Å². The quantitative estimate of drug-likeness (QED) is 0.197. The molecule has 1 heteroatoms. The summed E-state index contributed by atoms with van der Waals surface area (Å²) in [4.78, 5) is 2.44. The minimum atomic E-state index is 0.343. The highest BCUT2D eigenvalue weighted by Gasteiger charge is 2.12. The second-order valence-corrected chi connectivity index (χ2v) is 9.39. The van der Waals surface area contributed by atoms with Crippen LogP contribution in [0.25, 0.3) is 11.1 Å². The monoisotopic (exact) mass is 471 g/mol. The zero-order valence-corrected chi connectivity index (χ0v) is 21.6. The first kappa shape index (κ1) is 25.3. The molecule has 0 aliphatic rings. The fraction of sp³-hybridized carbons (Fsp3) is 0.200. The lowest BCUT2D eigenvalue weighted by Crippen LogP contribution is -2.19. The van der Waals surface area contributed by atoms with E-state index in [-0.39, 0.29) is 0 Å². The third-order valence-electron chi connectivity index (χ3n) is 6.80. The van der Waals surface area contributed by atoms with Gasteiger partial charge in [0.15, 0.2) is 0 Å². The highest BCUT2D eigenvalue weighted by Crippen LogP contribution is 2.31. The summed E-state index contributed by atoms with van der Waals surface area (Å²) >= 11 is 0. The Morgan fingerprint density at radius 2 is 1.33 bits per heavy atom. The van der Waals surface area contributed by atoms with Crippen molar-refractivity contribution in [1.82, 2.24) is 0 Å². The number of aryl methyl sites for hydroxylation is 2. The standard InChI is InChI=1S/C35H37N/c1-4-6-14-30(5-2)31-19-23-34(24-20-31)36(27-10-13-29-11-8-7-9-12-29)35-25-21-33(22-26-35)32-17-15-28(3)16-18-32/h4-9,11-12,15-26,30H,2,10,13-14,27H2,1,3H3/b6-4-. The molecule has 0 aliphatic carbocycles. The zero-order valence-electron chi connectivity index (χ0n) is 21.6. The summed E-state index contributed by atoms with van der Waals surface area (Å²) in [6, 6.07) is 37.5. The highest BCUT2D eigenvalue weighted by atomic mass is 15.1. The smallest absolute Gasteiger partial charge is 0.0411 e. The molecule has 0 spiro atoms. The number of hydrogen-bond acceptors (Lipinski definition) is 1. The summed E-state index contributed by atoms with van der Waals surface area (Å²) in [6.45, 7) is 9.22. The molecule has 36 heavy (non-hydrogen) atoms. The van der Waals surface area contributed by atoms with E-state index >= 15 is 0 Å². The van der Waals surface area contributed by atoms with Gasteiger partial charge in [-0.2, -0.15) is 0 Å². The van der Waals surface area contributed by atoms with Crippen LogP contribution in [-0.2, 0) is 6.42 Å². The predicted molar refractivity (Wildman–Crippen MR) is 157 cm³/mol. The fourth-order valence-corrected chi connectivity index (χ4v) is 4.63. The molecule has 1 nitrogen and oxygen atoms in total. The minimum absolute atomic E-state index is 0.343. The average Bonchev–Trinajstić information content (AvgIpc) is 2.93. The van der Waals surface area contributed by atoms with Gasteiger partial charge in [-0.3, -0.25) is 0 Å². The molecule has 0 heterocycles. The third kappa shape index (κ3) is 6.64. The molecule has 0 saturated carbocycles. The van der Waals surface area contributed by atoms with Crippen molar-refractivity contribution in [3.63, 3.8) is 0 Å². The second kappa shape index (κ2) is 12.7. The van der Waals surface area contributed by atoms with Crippen molar-refractivity contribution in [2.24, 2.45) is 0 Å². The largest absolute Gasteiger partial charge is 0.341 e. The number of hydrogen-bond donors (Lipinski definition) is 0. The van der Waals surface area contributed by atoms with E-state index in [9.17, 15) is 0 Å². The van der Waals surface area contributed by atoms with Crippen molar-refractivity contribution in [3.8, 4) is 11.1 Å². The number of benzene rings is 4. The van der Waals surface area contributed by atoms with Gasteiger partial charge in [0.1, 0.15) is 0 Å². The Balaban J connectivity index is 1.57. The Morgan fingerprint density at radius 3 is 1.92 bits per heavy atom. The first-order chi connectivity index (χ1) is 17.7. The normalized spacial score (nSPS) is 11.9. The maximum Gasteiger partial charge on any atom is 0.0411 e. The Kier molecular flexibility index (Phi) is 8.94. The van der Waals surface area contributed by atoms with Crippen molar-refractivity contribution >= 4 is 11.4 Å². The van der Waals surface area contributed by atoms with Crippen LogP contribution in [0.15, 0.2) is 128 Å². The van der Waals surface area contributed by atoms with E-state index in [0.29, 0.717) is 5.92 Å². The topological polar surface area (TPSA) is 3.24 Å². The number of nitrogens with zero attached hydrogens (tertiary/aromatic N) is 1. The Hall–Kier alpha value is -3.84. The molecule has 4 aromatic rings. The van der Waals surface area contributed by atoms with Gasteiger partial charge < -0.3 is 4.90 Å². The van der Waals surface area contributed by atoms with Gasteiger partial charge in [0.05, 0.1) is 0 Å². The average molecular weight is 472 g/mol. The second-order valence-electron chi connectivity index (χ2n) is 9.39. The van der Waals surface area contributed by atoms with Crippen LogP contribution in [0.3, 0.4) is 0 Å². The maximum absolute atomic E-state index is 4.06. The van der Waals surface area contributed by atoms with Gasteiger partial charge in [-0.05, 0) is 79.6 Å². The number of allylic oxidation sites excluding steroid dienone is 3. The van der Waals surface area contributed by atoms with E-state index in [0.717, 1.165) is 25.8 Å². The molecule has 0 saturated heterocycles. The lowest BCUT2D eigenvalue weighted by molar-refractivity contribution is 0.806. The van der Waals surface area contributed by atoms with Crippen molar-refractivity contribution in [2.45, 2.75) is 39.0 Å². The van der Waals surface area contributed by atoms with Crippen LogP contribution in [0.4, 0.5) is 11.4 Å². The van der Waals surface area contributed by atoms with Gasteiger partial charge in [0.2, 0.25) is 0 Å². The minimum Gasteiger partial charge on any atom is -0.341 e. The van der Waals surface area contributed by atoms with Crippen molar-refractivity contribution in [1.29, 1.82) is 0 Å². The summed E-state index contributed by atoms with van der Waals surface area (Å²) < 4.78 is 0. The molecule has 0 bridgehead atoms. The molecule has 0 aliphatic heterocycles. The summed E-state index contributed by atoms with van der Waals surface area (Å²) in [5, 5.41) is 0. The van der Waals surface area contributed by atoms with Crippen LogP contribution in [0.1, 0.15) is 42.4 Å². The molecular formula is C35H37N. The summed E-state index contributed by atoms with van der Waals surface area (Å²) in [7, 11) is 0. The molecule has 0 amide bonds. The van der Waals surface area contributed by atoms with Crippen LogP contribution in [0, 0.1) is 6.92 Å². The molecule has 4 aromatic carbocycles. The van der Waals surface area contributed by atoms with Gasteiger partial charge in [0.25, 0.3) is 0 Å². The molecule has 0 aromatic heterocycles. The molecule has 1 unspecified atom stereocenters. The Bertz CT molecular complexity index is 1230. The zero-order chi connectivity index (χ0) is 25.2. The van der Waals surface area contributed by atoms with Crippen LogP contribution in [0.5, 0.6) is 0 Å². The van der Waals surface area contributed by atoms with Gasteiger partial charge >= 0.3 is 0 Å². The maximum atomic E-state index is 4.06. The van der Waals surface area contributed by atoms with Gasteiger partial charge in [-0.25, -0.2) is 0 Å². The number of anilines is 2. The molecule has 0 radical (unpaired) electrons. The Morgan fingerprint density at radius 1 is 0.750 bits per heavy atom. The first-order valence-corrected chi connectivity index (χ1v) is 13.0. The summed E-state index contributed by atoms with van der Waals surface area (Å²) in [6.07, 6.45) is 9.52. The molecular weight excluding hydrogens is 434 g/mol. The van der Waals surface area contributed by atoms with E-state index in [2.05, 4.69) is 147 Å². The van der Waals surface area contributed by atoms with Crippen molar-refractivity contribution in [2.75, 3.05) is 11.4 Å². The van der Waals surface area contributed by atoms with E-state index < -0.39 is 0 Å². The summed E-state index contributed by atoms with van der Waals surface area (Å²) in [5.74, 6) is 0.343. The highest BCUT2D eigenvalue weighted by molar-refractivity contribution is 5.70. The Labute approximate surface area is 217 Å². The third-order valence-corrected chi connectivity index (χ3v) is 6.80. The summed E-state index contributed by atoms with van der Waals surface area (Å²) in [5.41, 5.74) is 8.93. The lowest BCUT2D eigenvalue weighted by Gasteiger charge is -2.26. The molecule has 0 fully saturated rings. The van der Waals surface area contributed by atoms with Crippen LogP contribution < -0.4 is 4.90 Å². The van der Waals surface area contributed by atoms with E-state index in [4.69, 9.17) is 0 Å². The predicted octanol–water partition coefficient (Wildman–Crippen LogP) is 9.67.